The van der Waals surface area contributed by atoms with Crippen LogP contribution in [-0.4, -0.2) is 73.4 Å². The molecule has 360 valence electrons. The predicted octanol–water partition coefficient (Wildman–Crippen LogP) is 15.0. The molecule has 8 nitrogen and oxygen atoms in total. The maximum Gasteiger partial charge on any atom is 0.472 e. The number of carbonyl (C=O) groups excluding carboxylic acids is 1. The summed E-state index contributed by atoms with van der Waals surface area (Å²) in [5, 5.41) is 13.9. The smallest absolute Gasteiger partial charge is 0.387 e. The number of carbonyl (C=O) groups is 1. The Balaban J connectivity index is 4.34. The molecule has 0 saturated carbocycles. The normalized spacial score (nSPS) is 14.4. The van der Waals surface area contributed by atoms with Crippen molar-refractivity contribution >= 4 is 13.7 Å². The lowest BCUT2D eigenvalue weighted by atomic mass is 10.0. The number of aliphatic hydroxyl groups excluding tert-OH is 1. The van der Waals surface area contributed by atoms with Crippen molar-refractivity contribution in [3.05, 3.63) is 36.5 Å². The van der Waals surface area contributed by atoms with E-state index >= 15 is 0 Å². The summed E-state index contributed by atoms with van der Waals surface area (Å²) in [5.41, 5.74) is 0. The van der Waals surface area contributed by atoms with Crippen LogP contribution in [0.5, 0.6) is 0 Å². The van der Waals surface area contributed by atoms with Gasteiger partial charge in [0.15, 0.2) is 0 Å². The second-order valence-electron chi connectivity index (χ2n) is 18.9. The van der Waals surface area contributed by atoms with E-state index in [-0.39, 0.29) is 19.1 Å². The first-order valence-electron chi connectivity index (χ1n) is 25.9. The number of hydrogen-bond donors (Lipinski definition) is 3. The Morgan fingerprint density at radius 3 is 1.31 bits per heavy atom. The maximum absolute atomic E-state index is 12.9. The average Bonchev–Trinajstić information content (AvgIpc) is 3.21. The zero-order chi connectivity index (χ0) is 45.0. The SMILES string of the molecule is CCCCCCCCCC/C=C\CCCCCCCCCCCC(=O)NC(COP(=O)(O)OCC[N+](C)(C)C)C(O)/C=C/CC/C=C/CCCCCCCCCCCCCC. The third-order valence-corrected chi connectivity index (χ3v) is 12.6. The number of nitrogens with one attached hydrogen (secondary N) is 1. The highest BCUT2D eigenvalue weighted by Gasteiger charge is 2.27. The molecule has 0 aliphatic rings. The fourth-order valence-corrected chi connectivity index (χ4v) is 8.20. The topological polar surface area (TPSA) is 105 Å². The van der Waals surface area contributed by atoms with Crippen molar-refractivity contribution in [1.29, 1.82) is 0 Å². The zero-order valence-electron chi connectivity index (χ0n) is 40.9. The van der Waals surface area contributed by atoms with E-state index in [0.717, 1.165) is 38.5 Å². The molecular formula is C52H102N2O6P+. The zero-order valence-corrected chi connectivity index (χ0v) is 41.8. The molecule has 61 heavy (non-hydrogen) atoms. The number of unbranched alkanes of at least 4 members (excludes halogenated alkanes) is 30. The molecule has 0 rings (SSSR count). The first-order chi connectivity index (χ1) is 29.5. The van der Waals surface area contributed by atoms with Gasteiger partial charge in [-0.25, -0.2) is 4.57 Å². The van der Waals surface area contributed by atoms with E-state index in [2.05, 4.69) is 43.5 Å². The summed E-state index contributed by atoms with van der Waals surface area (Å²) in [6.45, 7) is 4.81. The van der Waals surface area contributed by atoms with E-state index < -0.39 is 20.0 Å². The highest BCUT2D eigenvalue weighted by Crippen LogP contribution is 2.43. The van der Waals surface area contributed by atoms with Crippen LogP contribution in [0.25, 0.3) is 0 Å². The molecular weight excluding hydrogens is 780 g/mol. The van der Waals surface area contributed by atoms with Crippen molar-refractivity contribution in [2.24, 2.45) is 0 Å². The van der Waals surface area contributed by atoms with Gasteiger partial charge in [0, 0.05) is 6.42 Å². The summed E-state index contributed by atoms with van der Waals surface area (Å²) in [6, 6.07) is -0.863. The number of phosphoric acid groups is 1. The molecule has 0 bridgehead atoms. The summed E-state index contributed by atoms with van der Waals surface area (Å²) in [4.78, 5) is 23.2. The van der Waals surface area contributed by atoms with Crippen molar-refractivity contribution < 1.29 is 32.9 Å². The minimum Gasteiger partial charge on any atom is -0.387 e. The molecule has 0 radical (unpaired) electrons. The van der Waals surface area contributed by atoms with Gasteiger partial charge >= 0.3 is 7.82 Å². The molecule has 0 aromatic carbocycles. The lowest BCUT2D eigenvalue weighted by Crippen LogP contribution is -2.45. The van der Waals surface area contributed by atoms with Crippen LogP contribution < -0.4 is 5.32 Å². The monoisotopic (exact) mass is 882 g/mol. The number of amides is 1. The standard InChI is InChI=1S/C52H101N2O6P/c1-6-8-10-12-14-16-18-20-22-24-26-27-28-30-32-34-36-38-40-42-44-46-52(56)53-50(49-60-61(57,58)59-48-47-54(3,4)5)51(55)45-43-41-39-37-35-33-31-29-25-23-21-19-17-15-13-11-9-7-2/h24,26,35,37,43,45,50-51,55H,6-23,25,27-34,36,38-42,44,46-49H2,1-5H3,(H-,53,56,57,58)/p+1/b26-24-,37-35+,45-43+. The van der Waals surface area contributed by atoms with Crippen LogP contribution in [-0.2, 0) is 18.4 Å². The third-order valence-electron chi connectivity index (χ3n) is 11.6. The molecule has 0 aliphatic heterocycles. The summed E-state index contributed by atoms with van der Waals surface area (Å²) in [6.07, 6.45) is 55.1. The molecule has 0 spiro atoms. The Labute approximate surface area is 378 Å². The number of hydrogen-bond acceptors (Lipinski definition) is 5. The van der Waals surface area contributed by atoms with Gasteiger partial charge in [-0.1, -0.05) is 211 Å². The minimum absolute atomic E-state index is 0.0562. The van der Waals surface area contributed by atoms with E-state index in [0.29, 0.717) is 17.4 Å². The van der Waals surface area contributed by atoms with Gasteiger partial charge in [0.25, 0.3) is 0 Å². The van der Waals surface area contributed by atoms with Crippen molar-refractivity contribution in [2.45, 2.75) is 251 Å². The van der Waals surface area contributed by atoms with Crippen molar-refractivity contribution in [2.75, 3.05) is 40.9 Å². The number of nitrogens with zero attached hydrogens (tertiary/aromatic N) is 1. The largest absolute Gasteiger partial charge is 0.472 e. The molecule has 3 N–H and O–H groups in total. The fourth-order valence-electron chi connectivity index (χ4n) is 7.46. The molecule has 0 aliphatic carbocycles. The molecule has 0 saturated heterocycles. The summed E-state index contributed by atoms with van der Waals surface area (Å²) < 4.78 is 23.6. The first kappa shape index (κ1) is 59.7. The van der Waals surface area contributed by atoms with E-state index in [1.54, 1.807) is 6.08 Å². The predicted molar refractivity (Wildman–Crippen MR) is 263 cm³/mol. The Morgan fingerprint density at radius 2 is 0.902 bits per heavy atom. The van der Waals surface area contributed by atoms with E-state index in [9.17, 15) is 19.4 Å². The van der Waals surface area contributed by atoms with Crippen LogP contribution >= 0.6 is 7.82 Å². The number of likely N-dealkylation sites (N-methyl/N-ethyl adjacent to an activating group) is 1. The average molecular weight is 882 g/mol. The second kappa shape index (κ2) is 43.9. The van der Waals surface area contributed by atoms with E-state index in [1.807, 2.05) is 27.2 Å². The Morgan fingerprint density at radius 1 is 0.541 bits per heavy atom. The van der Waals surface area contributed by atoms with Gasteiger partial charge in [-0.2, -0.15) is 0 Å². The molecule has 1 amide bonds. The van der Waals surface area contributed by atoms with E-state index in [4.69, 9.17) is 9.05 Å². The number of rotatable bonds is 47. The van der Waals surface area contributed by atoms with Gasteiger partial charge in [-0.15, -0.1) is 0 Å². The summed E-state index contributed by atoms with van der Waals surface area (Å²) in [7, 11) is 1.56. The van der Waals surface area contributed by atoms with Crippen LogP contribution in [0.3, 0.4) is 0 Å². The van der Waals surface area contributed by atoms with Crippen LogP contribution in [0.1, 0.15) is 239 Å². The van der Waals surface area contributed by atoms with Gasteiger partial charge in [0.05, 0.1) is 39.9 Å². The van der Waals surface area contributed by atoms with Crippen LogP contribution in [0, 0.1) is 0 Å². The van der Waals surface area contributed by atoms with Gasteiger partial charge in [0.1, 0.15) is 13.2 Å². The highest BCUT2D eigenvalue weighted by molar-refractivity contribution is 7.47. The number of phosphoric ester groups is 1. The summed E-state index contributed by atoms with van der Waals surface area (Å²) in [5.74, 6) is -0.188. The lowest BCUT2D eigenvalue weighted by Gasteiger charge is -2.25. The second-order valence-corrected chi connectivity index (χ2v) is 20.3. The lowest BCUT2D eigenvalue weighted by molar-refractivity contribution is -0.870. The molecule has 0 fully saturated rings. The summed E-state index contributed by atoms with van der Waals surface area (Å²) >= 11 is 0. The molecule has 0 heterocycles. The minimum atomic E-state index is -4.35. The number of allylic oxidation sites excluding steroid dienone is 5. The number of aliphatic hydroxyl groups is 1. The Bertz CT molecular complexity index is 1090. The van der Waals surface area contributed by atoms with E-state index in [1.165, 1.54) is 180 Å². The maximum atomic E-state index is 12.9. The Kier molecular flexibility index (Phi) is 43.0. The van der Waals surface area contributed by atoms with Gasteiger partial charge in [-0.3, -0.25) is 13.8 Å². The molecule has 3 unspecified atom stereocenters. The van der Waals surface area contributed by atoms with Gasteiger partial charge in [0.2, 0.25) is 5.91 Å². The Hall–Kier alpha value is -1.28. The van der Waals surface area contributed by atoms with Gasteiger partial charge < -0.3 is 19.8 Å². The van der Waals surface area contributed by atoms with Crippen LogP contribution in [0.2, 0.25) is 0 Å². The fraction of sp³-hybridized carbons (Fsp3) is 0.865. The molecule has 3 atom stereocenters. The van der Waals surface area contributed by atoms with Crippen molar-refractivity contribution in [3.8, 4) is 0 Å². The molecule has 0 aromatic heterocycles. The number of quaternary nitrogens is 1. The van der Waals surface area contributed by atoms with Crippen LogP contribution in [0.15, 0.2) is 36.5 Å². The highest BCUT2D eigenvalue weighted by atomic mass is 31.2. The molecule has 9 heteroatoms. The van der Waals surface area contributed by atoms with Crippen LogP contribution in [0.4, 0.5) is 0 Å². The molecule has 0 aromatic rings. The third kappa shape index (κ3) is 46.5. The van der Waals surface area contributed by atoms with Gasteiger partial charge in [-0.05, 0) is 57.8 Å². The quantitative estimate of drug-likeness (QED) is 0.0243. The van der Waals surface area contributed by atoms with Crippen molar-refractivity contribution in [1.82, 2.24) is 5.32 Å². The van der Waals surface area contributed by atoms with Crippen molar-refractivity contribution in [3.63, 3.8) is 0 Å². The first-order valence-corrected chi connectivity index (χ1v) is 27.4.